The molecule has 0 spiro atoms. The van der Waals surface area contributed by atoms with E-state index in [1.165, 1.54) is 23.3 Å². The predicted molar refractivity (Wildman–Crippen MR) is 105 cm³/mol. The van der Waals surface area contributed by atoms with Crippen molar-refractivity contribution >= 4 is 17.2 Å². The summed E-state index contributed by atoms with van der Waals surface area (Å²) in [6, 6.07) is 11.2. The molecule has 2 atom stereocenters. The highest BCUT2D eigenvalue weighted by molar-refractivity contribution is 7.09. The molecule has 1 aromatic carbocycles. The Hall–Kier alpha value is -1.72. The lowest BCUT2D eigenvalue weighted by Crippen LogP contribution is -2.43. The van der Waals surface area contributed by atoms with Crippen LogP contribution in [0.4, 0.5) is 0 Å². The zero-order valence-corrected chi connectivity index (χ0v) is 16.3. The smallest absolute Gasteiger partial charge is 0.222 e. The van der Waals surface area contributed by atoms with E-state index < -0.39 is 0 Å². The number of rotatable bonds is 5. The van der Waals surface area contributed by atoms with Crippen molar-refractivity contribution < 1.29 is 4.79 Å². The molecule has 3 fully saturated rings. The van der Waals surface area contributed by atoms with Gasteiger partial charge in [-0.25, -0.2) is 4.98 Å². The van der Waals surface area contributed by atoms with Crippen LogP contribution >= 0.6 is 11.3 Å². The SMILES string of the molecule is Cc1ncsc1CCC(=O)N1CC2CCC(C1)N(Cc1ccccc1)C2. The Bertz CT molecular complexity index is 745. The average Bonchev–Trinajstić information content (AvgIpc) is 2.86. The maximum Gasteiger partial charge on any atom is 0.222 e. The van der Waals surface area contributed by atoms with E-state index in [1.54, 1.807) is 11.3 Å². The Morgan fingerprint density at radius 1 is 1.19 bits per heavy atom. The van der Waals surface area contributed by atoms with Gasteiger partial charge in [0.15, 0.2) is 0 Å². The van der Waals surface area contributed by atoms with E-state index in [9.17, 15) is 4.79 Å². The van der Waals surface area contributed by atoms with Gasteiger partial charge in [0.1, 0.15) is 0 Å². The van der Waals surface area contributed by atoms with Crippen molar-refractivity contribution in [3.8, 4) is 0 Å². The second kappa shape index (κ2) is 7.89. The van der Waals surface area contributed by atoms with Gasteiger partial charge in [0.2, 0.25) is 5.91 Å². The van der Waals surface area contributed by atoms with Crippen LogP contribution in [0.15, 0.2) is 35.8 Å². The molecule has 0 aliphatic carbocycles. The normalized spacial score (nSPS) is 23.2. The standard InChI is InChI=1S/C21H27N3OS/c1-16-20(26-15-22-16)9-10-21(25)24-13-18-7-8-19(14-24)23(12-18)11-17-5-3-2-4-6-17/h2-6,15,18-19H,7-14H2,1H3. The Morgan fingerprint density at radius 2 is 2.04 bits per heavy atom. The molecule has 2 bridgehead atoms. The fourth-order valence-electron chi connectivity index (χ4n) is 4.34. The lowest BCUT2D eigenvalue weighted by Gasteiger charge is -2.36. The first-order valence-electron chi connectivity index (χ1n) is 9.64. The maximum absolute atomic E-state index is 12.8. The summed E-state index contributed by atoms with van der Waals surface area (Å²) in [6.07, 6.45) is 3.92. The van der Waals surface area contributed by atoms with E-state index in [0.29, 0.717) is 24.3 Å². The molecule has 4 nitrogen and oxygen atoms in total. The van der Waals surface area contributed by atoms with Gasteiger partial charge in [-0.2, -0.15) is 0 Å². The maximum atomic E-state index is 12.8. The van der Waals surface area contributed by atoms with Gasteiger partial charge >= 0.3 is 0 Å². The van der Waals surface area contributed by atoms with Crippen LogP contribution in [-0.2, 0) is 17.8 Å². The second-order valence-electron chi connectivity index (χ2n) is 7.67. The molecule has 26 heavy (non-hydrogen) atoms. The van der Waals surface area contributed by atoms with E-state index in [1.807, 2.05) is 12.4 Å². The first-order chi connectivity index (χ1) is 12.7. The van der Waals surface area contributed by atoms with Crippen LogP contribution in [0.25, 0.3) is 0 Å². The molecule has 2 aromatic rings. The number of fused-ring (bicyclic) bond motifs is 4. The Labute approximate surface area is 159 Å². The molecule has 3 aliphatic rings. The minimum Gasteiger partial charge on any atom is -0.341 e. The van der Waals surface area contributed by atoms with E-state index >= 15 is 0 Å². The molecule has 2 unspecified atom stereocenters. The monoisotopic (exact) mass is 369 g/mol. The van der Waals surface area contributed by atoms with Crippen molar-refractivity contribution in [2.24, 2.45) is 5.92 Å². The summed E-state index contributed by atoms with van der Waals surface area (Å²) in [6.45, 7) is 5.98. The van der Waals surface area contributed by atoms with Gasteiger partial charge in [0.25, 0.3) is 0 Å². The van der Waals surface area contributed by atoms with Gasteiger partial charge in [0.05, 0.1) is 11.2 Å². The van der Waals surface area contributed by atoms with Crippen LogP contribution in [0.5, 0.6) is 0 Å². The molecule has 0 N–H and O–H groups in total. The third-order valence-electron chi connectivity index (χ3n) is 5.82. The van der Waals surface area contributed by atoms with Crippen LogP contribution in [0.3, 0.4) is 0 Å². The number of nitrogens with zero attached hydrogens (tertiary/aromatic N) is 3. The van der Waals surface area contributed by atoms with Gasteiger partial charge in [-0.05, 0) is 37.7 Å². The molecule has 0 saturated carbocycles. The van der Waals surface area contributed by atoms with Gasteiger partial charge in [-0.15, -0.1) is 11.3 Å². The fraction of sp³-hybridized carbons (Fsp3) is 0.524. The first-order valence-corrected chi connectivity index (χ1v) is 10.5. The molecule has 5 heteroatoms. The number of hydrogen-bond acceptors (Lipinski definition) is 4. The van der Waals surface area contributed by atoms with Crippen molar-refractivity contribution in [1.82, 2.24) is 14.8 Å². The Kier molecular flexibility index (Phi) is 5.36. The number of piperidine rings is 1. The van der Waals surface area contributed by atoms with Crippen LogP contribution in [0, 0.1) is 12.8 Å². The zero-order valence-electron chi connectivity index (χ0n) is 15.4. The van der Waals surface area contributed by atoms with E-state index in [4.69, 9.17) is 0 Å². The van der Waals surface area contributed by atoms with Crippen molar-refractivity contribution in [1.29, 1.82) is 0 Å². The lowest BCUT2D eigenvalue weighted by molar-refractivity contribution is -0.131. The van der Waals surface area contributed by atoms with Crippen LogP contribution in [0.2, 0.25) is 0 Å². The molecular formula is C21H27N3OS. The van der Waals surface area contributed by atoms with E-state index in [0.717, 1.165) is 38.3 Å². The highest BCUT2D eigenvalue weighted by atomic mass is 32.1. The third-order valence-corrected chi connectivity index (χ3v) is 6.81. The second-order valence-corrected chi connectivity index (χ2v) is 8.61. The Morgan fingerprint density at radius 3 is 2.81 bits per heavy atom. The molecule has 3 aliphatic heterocycles. The average molecular weight is 370 g/mol. The minimum atomic E-state index is 0.316. The van der Waals surface area contributed by atoms with Crippen molar-refractivity contribution in [3.63, 3.8) is 0 Å². The summed E-state index contributed by atoms with van der Waals surface area (Å²) in [7, 11) is 0. The summed E-state index contributed by atoms with van der Waals surface area (Å²) in [5.41, 5.74) is 4.33. The number of amides is 1. The highest BCUT2D eigenvalue weighted by Crippen LogP contribution is 2.29. The van der Waals surface area contributed by atoms with Gasteiger partial charge in [-0.1, -0.05) is 30.3 Å². The number of benzene rings is 1. The van der Waals surface area contributed by atoms with Crippen LogP contribution < -0.4 is 0 Å². The molecule has 1 amide bonds. The summed E-state index contributed by atoms with van der Waals surface area (Å²) in [4.78, 5) is 23.1. The molecule has 138 valence electrons. The van der Waals surface area contributed by atoms with E-state index in [-0.39, 0.29) is 0 Å². The first kappa shape index (κ1) is 17.7. The minimum absolute atomic E-state index is 0.316. The van der Waals surface area contributed by atoms with E-state index in [2.05, 4.69) is 45.1 Å². The number of thiazole rings is 1. The number of aryl methyl sites for hydroxylation is 2. The van der Waals surface area contributed by atoms with Gasteiger partial charge < -0.3 is 4.90 Å². The molecular weight excluding hydrogens is 342 g/mol. The van der Waals surface area contributed by atoms with Crippen molar-refractivity contribution in [2.45, 2.75) is 45.2 Å². The van der Waals surface area contributed by atoms with Crippen molar-refractivity contribution in [3.05, 3.63) is 52.0 Å². The zero-order chi connectivity index (χ0) is 17.9. The number of hydrogen-bond donors (Lipinski definition) is 0. The predicted octanol–water partition coefficient (Wildman–Crippen LogP) is 3.51. The summed E-state index contributed by atoms with van der Waals surface area (Å²) in [5, 5.41) is 0. The molecule has 1 aromatic heterocycles. The number of carbonyl (C=O) groups is 1. The molecule has 3 saturated heterocycles. The summed E-state index contributed by atoms with van der Waals surface area (Å²) in [5.74, 6) is 0.933. The lowest BCUT2D eigenvalue weighted by atomic mass is 9.94. The topological polar surface area (TPSA) is 36.4 Å². The molecule has 4 heterocycles. The van der Waals surface area contributed by atoms with Gasteiger partial charge in [-0.3, -0.25) is 9.69 Å². The van der Waals surface area contributed by atoms with Gasteiger partial charge in [0, 0.05) is 43.5 Å². The van der Waals surface area contributed by atoms with Crippen LogP contribution in [-0.4, -0.2) is 46.4 Å². The summed E-state index contributed by atoms with van der Waals surface area (Å²) < 4.78 is 0. The fourth-order valence-corrected chi connectivity index (χ4v) is 5.12. The third kappa shape index (κ3) is 3.99. The highest BCUT2D eigenvalue weighted by Gasteiger charge is 2.36. The quantitative estimate of drug-likeness (QED) is 0.809. The Balaban J connectivity index is 1.38. The number of carbonyl (C=O) groups excluding carboxylic acids is 1. The van der Waals surface area contributed by atoms with Crippen molar-refractivity contribution in [2.75, 3.05) is 19.6 Å². The number of aromatic nitrogens is 1. The molecule has 0 radical (unpaired) electrons. The summed E-state index contributed by atoms with van der Waals surface area (Å²) >= 11 is 1.67. The van der Waals surface area contributed by atoms with Crippen LogP contribution in [0.1, 0.15) is 35.4 Å². The molecule has 5 rings (SSSR count). The largest absolute Gasteiger partial charge is 0.341 e.